The van der Waals surface area contributed by atoms with E-state index in [4.69, 9.17) is 5.11 Å². The van der Waals surface area contributed by atoms with Crippen LogP contribution in [0, 0.1) is 0 Å². The van der Waals surface area contributed by atoms with Gasteiger partial charge in [0.1, 0.15) is 0 Å². The zero-order chi connectivity index (χ0) is 8.27. The minimum absolute atomic E-state index is 0.258. The first kappa shape index (κ1) is 8.33. The van der Waals surface area contributed by atoms with Crippen LogP contribution in [0.2, 0.25) is 0 Å². The summed E-state index contributed by atoms with van der Waals surface area (Å²) in [6.07, 6.45) is 1.65. The van der Waals surface area contributed by atoms with E-state index in [9.17, 15) is 4.79 Å². The van der Waals surface area contributed by atoms with Crippen LogP contribution in [-0.2, 0) is 4.74 Å². The Morgan fingerprint density at radius 1 is 1.82 bits per heavy atom. The summed E-state index contributed by atoms with van der Waals surface area (Å²) in [5, 5.41) is 8.31. The van der Waals surface area contributed by atoms with Gasteiger partial charge in [-0.05, 0) is 19.8 Å². The minimum Gasteiger partial charge on any atom is -0.422 e. The van der Waals surface area contributed by atoms with E-state index in [1.54, 1.807) is 4.90 Å². The zero-order valence-electron chi connectivity index (χ0n) is 6.62. The summed E-state index contributed by atoms with van der Waals surface area (Å²) in [5.41, 5.74) is 0. The van der Waals surface area contributed by atoms with Gasteiger partial charge in [-0.3, -0.25) is 0 Å². The van der Waals surface area contributed by atoms with Gasteiger partial charge in [0, 0.05) is 12.6 Å². The summed E-state index contributed by atoms with van der Waals surface area (Å²) in [4.78, 5) is 12.6. The molecule has 0 aromatic rings. The third-order valence-electron chi connectivity index (χ3n) is 1.98. The average molecular weight is 159 g/mol. The fourth-order valence-electron chi connectivity index (χ4n) is 1.34. The number of nitrogens with zero attached hydrogens (tertiary/aromatic N) is 1. The van der Waals surface area contributed by atoms with Crippen molar-refractivity contribution in [3.63, 3.8) is 0 Å². The van der Waals surface area contributed by atoms with E-state index < -0.39 is 12.9 Å². The molecule has 1 heterocycles. The maximum atomic E-state index is 11.0. The van der Waals surface area contributed by atoms with Crippen LogP contribution in [-0.4, -0.2) is 35.5 Å². The highest BCUT2D eigenvalue weighted by Gasteiger charge is 2.25. The fourth-order valence-corrected chi connectivity index (χ4v) is 1.34. The van der Waals surface area contributed by atoms with Crippen molar-refractivity contribution in [1.82, 2.24) is 4.90 Å². The van der Waals surface area contributed by atoms with Crippen molar-refractivity contribution in [1.29, 1.82) is 0 Å². The third kappa shape index (κ3) is 1.83. The molecule has 11 heavy (non-hydrogen) atoms. The summed E-state index contributed by atoms with van der Waals surface area (Å²) < 4.78 is 4.44. The van der Waals surface area contributed by atoms with Crippen LogP contribution in [0.15, 0.2) is 0 Å². The van der Waals surface area contributed by atoms with Crippen molar-refractivity contribution in [2.45, 2.75) is 25.8 Å². The Morgan fingerprint density at radius 2 is 2.55 bits per heavy atom. The third-order valence-corrected chi connectivity index (χ3v) is 1.98. The number of aliphatic hydroxyl groups is 1. The molecule has 1 aliphatic rings. The molecule has 1 fully saturated rings. The summed E-state index contributed by atoms with van der Waals surface area (Å²) in [5.74, 6) is 0. The highest BCUT2D eigenvalue weighted by atomic mass is 16.6. The van der Waals surface area contributed by atoms with Crippen molar-refractivity contribution in [3.8, 4) is 0 Å². The Labute approximate surface area is 65.8 Å². The quantitative estimate of drug-likeness (QED) is 0.568. The van der Waals surface area contributed by atoms with Crippen LogP contribution in [0.3, 0.4) is 0 Å². The predicted octanol–water partition coefficient (Wildman–Crippen LogP) is 0.557. The van der Waals surface area contributed by atoms with Crippen molar-refractivity contribution < 1.29 is 14.6 Å². The highest BCUT2D eigenvalue weighted by Crippen LogP contribution is 2.16. The smallest absolute Gasteiger partial charge is 0.412 e. The monoisotopic (exact) mass is 159 g/mol. The Kier molecular flexibility index (Phi) is 2.70. The zero-order valence-corrected chi connectivity index (χ0v) is 6.62. The molecule has 0 saturated carbocycles. The summed E-state index contributed by atoms with van der Waals surface area (Å²) in [6.45, 7) is 2.20. The molecule has 0 bridgehead atoms. The Morgan fingerprint density at radius 3 is 3.00 bits per heavy atom. The second kappa shape index (κ2) is 3.57. The second-order valence-corrected chi connectivity index (χ2v) is 2.72. The molecule has 1 saturated heterocycles. The first-order chi connectivity index (χ1) is 5.25. The van der Waals surface area contributed by atoms with E-state index in [2.05, 4.69) is 4.74 Å². The van der Waals surface area contributed by atoms with Gasteiger partial charge in [0.15, 0.2) is 6.79 Å². The number of hydrogen-bond donors (Lipinski definition) is 1. The lowest BCUT2D eigenvalue weighted by atomic mass is 10.2. The number of hydrogen-bond acceptors (Lipinski definition) is 3. The van der Waals surface area contributed by atoms with Crippen LogP contribution in [0.5, 0.6) is 0 Å². The number of likely N-dealkylation sites (tertiary alicyclic amines) is 1. The lowest BCUT2D eigenvalue weighted by molar-refractivity contribution is 0.0212. The van der Waals surface area contributed by atoms with Crippen LogP contribution < -0.4 is 0 Å². The van der Waals surface area contributed by atoms with Crippen molar-refractivity contribution >= 4 is 6.09 Å². The molecule has 4 nitrogen and oxygen atoms in total. The minimum atomic E-state index is -0.526. The fraction of sp³-hybridized carbons (Fsp3) is 0.857. The van der Waals surface area contributed by atoms with Gasteiger partial charge in [-0.2, -0.15) is 0 Å². The van der Waals surface area contributed by atoms with Crippen LogP contribution in [0.25, 0.3) is 0 Å². The number of rotatable bonds is 1. The van der Waals surface area contributed by atoms with Gasteiger partial charge in [-0.15, -0.1) is 0 Å². The largest absolute Gasteiger partial charge is 0.422 e. The first-order valence-electron chi connectivity index (χ1n) is 3.80. The number of carbonyl (C=O) groups excluding carboxylic acids is 1. The van der Waals surface area contributed by atoms with Gasteiger partial charge in [0.25, 0.3) is 0 Å². The van der Waals surface area contributed by atoms with Gasteiger partial charge in [0.2, 0.25) is 0 Å². The van der Waals surface area contributed by atoms with Crippen molar-refractivity contribution in [2.75, 3.05) is 13.3 Å². The molecule has 0 aliphatic carbocycles. The molecule has 1 N–H and O–H groups in total. The molecule has 4 heteroatoms. The lowest BCUT2D eigenvalue weighted by Crippen LogP contribution is -2.34. The predicted molar refractivity (Wildman–Crippen MR) is 39.0 cm³/mol. The number of aliphatic hydroxyl groups excluding tert-OH is 1. The summed E-state index contributed by atoms with van der Waals surface area (Å²) in [6, 6.07) is 0.258. The molecular weight excluding hydrogens is 146 g/mol. The molecule has 1 rings (SSSR count). The highest BCUT2D eigenvalue weighted by molar-refractivity contribution is 5.68. The van der Waals surface area contributed by atoms with E-state index in [1.807, 2.05) is 6.92 Å². The summed E-state index contributed by atoms with van der Waals surface area (Å²) in [7, 11) is 0. The van der Waals surface area contributed by atoms with Gasteiger partial charge in [-0.25, -0.2) is 4.79 Å². The van der Waals surface area contributed by atoms with E-state index >= 15 is 0 Å². The van der Waals surface area contributed by atoms with Crippen LogP contribution >= 0.6 is 0 Å². The molecule has 64 valence electrons. The number of carbonyl (C=O) groups is 1. The Balaban J connectivity index is 2.39. The lowest BCUT2D eigenvalue weighted by Gasteiger charge is -2.19. The standard InChI is InChI=1S/C7H13NO3/c1-6-3-2-4-8(6)7(10)11-5-9/h6,9H,2-5H2,1H3. The van der Waals surface area contributed by atoms with Crippen molar-refractivity contribution in [3.05, 3.63) is 0 Å². The first-order valence-corrected chi connectivity index (χ1v) is 3.80. The van der Waals surface area contributed by atoms with E-state index in [-0.39, 0.29) is 6.04 Å². The molecule has 1 amide bonds. The van der Waals surface area contributed by atoms with Crippen LogP contribution in [0.1, 0.15) is 19.8 Å². The van der Waals surface area contributed by atoms with Gasteiger partial charge < -0.3 is 14.7 Å². The molecule has 1 aliphatic heterocycles. The average Bonchev–Trinajstić information content (AvgIpc) is 2.36. The molecule has 0 aromatic carbocycles. The Bertz CT molecular complexity index is 149. The van der Waals surface area contributed by atoms with Gasteiger partial charge in [-0.1, -0.05) is 0 Å². The van der Waals surface area contributed by atoms with Crippen LogP contribution in [0.4, 0.5) is 4.79 Å². The molecular formula is C7H13NO3. The molecule has 0 aromatic heterocycles. The van der Waals surface area contributed by atoms with Gasteiger partial charge in [0.05, 0.1) is 0 Å². The molecule has 1 atom stereocenters. The number of amides is 1. The maximum Gasteiger partial charge on any atom is 0.412 e. The summed E-state index contributed by atoms with van der Waals surface area (Å²) >= 11 is 0. The SMILES string of the molecule is CC1CCCN1C(=O)OCO. The second-order valence-electron chi connectivity index (χ2n) is 2.72. The Hall–Kier alpha value is -0.770. The van der Waals surface area contributed by atoms with Gasteiger partial charge >= 0.3 is 6.09 Å². The van der Waals surface area contributed by atoms with Crippen molar-refractivity contribution in [2.24, 2.45) is 0 Å². The topological polar surface area (TPSA) is 49.8 Å². The molecule has 1 unspecified atom stereocenters. The van der Waals surface area contributed by atoms with E-state index in [1.165, 1.54) is 0 Å². The maximum absolute atomic E-state index is 11.0. The number of ether oxygens (including phenoxy) is 1. The molecule has 0 radical (unpaired) electrons. The molecule has 0 spiro atoms. The van der Waals surface area contributed by atoms with E-state index in [0.29, 0.717) is 0 Å². The normalized spacial score (nSPS) is 23.8. The van der Waals surface area contributed by atoms with E-state index in [0.717, 1.165) is 19.4 Å².